The Morgan fingerprint density at radius 2 is 2.35 bits per heavy atom. The molecule has 1 amide bonds. The predicted octanol–water partition coefficient (Wildman–Crippen LogP) is 3.46. The normalized spacial score (nSPS) is 19.0. The molecule has 1 saturated heterocycles. The molecule has 1 N–H and O–H groups in total. The van der Waals surface area contributed by atoms with E-state index in [1.54, 1.807) is 0 Å². The zero-order chi connectivity index (χ0) is 16.2. The summed E-state index contributed by atoms with van der Waals surface area (Å²) in [5, 5.41) is 6.20. The maximum Gasteiger partial charge on any atom is 0.263 e. The fraction of sp³-hybridized carbons (Fsp3) is 0.529. The molecule has 4 nitrogen and oxygen atoms in total. The van der Waals surface area contributed by atoms with Crippen LogP contribution in [0.4, 0.5) is 0 Å². The van der Waals surface area contributed by atoms with Crippen LogP contribution in [0.3, 0.4) is 0 Å². The summed E-state index contributed by atoms with van der Waals surface area (Å²) in [6.45, 7) is 7.87. The van der Waals surface area contributed by atoms with Crippen molar-refractivity contribution in [3.63, 3.8) is 0 Å². The molecule has 23 heavy (non-hydrogen) atoms. The van der Waals surface area contributed by atoms with E-state index in [0.717, 1.165) is 41.8 Å². The first kappa shape index (κ1) is 16.6. The van der Waals surface area contributed by atoms with E-state index >= 15 is 0 Å². The Morgan fingerprint density at radius 1 is 1.48 bits per heavy atom. The van der Waals surface area contributed by atoms with Gasteiger partial charge >= 0.3 is 0 Å². The number of nitrogens with one attached hydrogen (secondary N) is 1. The van der Waals surface area contributed by atoms with Crippen molar-refractivity contribution in [2.75, 3.05) is 19.6 Å². The highest BCUT2D eigenvalue weighted by Crippen LogP contribution is 2.21. The molecule has 3 heterocycles. The number of hydrogen-bond donors (Lipinski definition) is 1. The molecular formula is C17H23N3OS2. The van der Waals surface area contributed by atoms with Gasteiger partial charge < -0.3 is 5.32 Å². The monoisotopic (exact) mass is 349 g/mol. The highest BCUT2D eigenvalue weighted by molar-refractivity contribution is 7.13. The molecule has 2 aromatic rings. The minimum atomic E-state index is 0.0310. The first-order valence-corrected chi connectivity index (χ1v) is 9.78. The molecule has 124 valence electrons. The summed E-state index contributed by atoms with van der Waals surface area (Å²) in [4.78, 5) is 21.3. The van der Waals surface area contributed by atoms with Gasteiger partial charge in [0.25, 0.3) is 5.91 Å². The molecule has 1 fully saturated rings. The summed E-state index contributed by atoms with van der Waals surface area (Å²) >= 11 is 3.30. The number of rotatable bonds is 5. The highest BCUT2D eigenvalue weighted by Gasteiger charge is 2.22. The minimum Gasteiger partial charge on any atom is -0.351 e. The number of likely N-dealkylation sites (tertiary alicyclic amines) is 1. The van der Waals surface area contributed by atoms with Gasteiger partial charge in [-0.2, -0.15) is 0 Å². The van der Waals surface area contributed by atoms with Crippen molar-refractivity contribution in [2.24, 2.45) is 5.92 Å². The SMILES string of the molecule is Cc1nc(C)c(C(=O)NC[C@H]2CCCN(Cc3cccs3)C2)s1. The van der Waals surface area contributed by atoms with E-state index in [4.69, 9.17) is 0 Å². The Morgan fingerprint density at radius 3 is 3.04 bits per heavy atom. The van der Waals surface area contributed by atoms with Crippen LogP contribution >= 0.6 is 22.7 Å². The van der Waals surface area contributed by atoms with Gasteiger partial charge in [0.15, 0.2) is 0 Å². The molecule has 0 aromatic carbocycles. The van der Waals surface area contributed by atoms with Crippen LogP contribution < -0.4 is 5.32 Å². The van der Waals surface area contributed by atoms with E-state index in [0.29, 0.717) is 5.92 Å². The number of amides is 1. The molecule has 0 radical (unpaired) electrons. The quantitative estimate of drug-likeness (QED) is 0.899. The maximum atomic E-state index is 12.3. The van der Waals surface area contributed by atoms with Gasteiger partial charge in [0, 0.05) is 24.5 Å². The van der Waals surface area contributed by atoms with E-state index in [1.807, 2.05) is 25.2 Å². The van der Waals surface area contributed by atoms with Crippen molar-refractivity contribution in [1.82, 2.24) is 15.2 Å². The first-order valence-electron chi connectivity index (χ1n) is 8.09. The average molecular weight is 350 g/mol. The van der Waals surface area contributed by atoms with Crippen LogP contribution in [0.25, 0.3) is 0 Å². The molecule has 0 unspecified atom stereocenters. The molecule has 0 saturated carbocycles. The number of thiazole rings is 1. The topological polar surface area (TPSA) is 45.2 Å². The van der Waals surface area contributed by atoms with E-state index in [2.05, 4.69) is 32.7 Å². The average Bonchev–Trinajstić information content (AvgIpc) is 3.14. The number of thiophene rings is 1. The molecule has 1 atom stereocenters. The largest absolute Gasteiger partial charge is 0.351 e. The number of carbonyl (C=O) groups is 1. The van der Waals surface area contributed by atoms with Gasteiger partial charge in [0.05, 0.1) is 10.7 Å². The smallest absolute Gasteiger partial charge is 0.263 e. The summed E-state index contributed by atoms with van der Waals surface area (Å²) in [6.07, 6.45) is 2.41. The summed E-state index contributed by atoms with van der Waals surface area (Å²) in [6, 6.07) is 4.31. The zero-order valence-corrected chi connectivity index (χ0v) is 15.3. The lowest BCUT2D eigenvalue weighted by Crippen LogP contribution is -2.40. The first-order chi connectivity index (χ1) is 11.1. The van der Waals surface area contributed by atoms with Gasteiger partial charge in [-0.1, -0.05) is 6.07 Å². The summed E-state index contributed by atoms with van der Waals surface area (Å²) in [5.41, 5.74) is 0.841. The zero-order valence-electron chi connectivity index (χ0n) is 13.7. The standard InChI is InChI=1S/C17H23N3OS2/c1-12-16(23-13(2)19-12)17(21)18-9-14-5-3-7-20(10-14)11-15-6-4-8-22-15/h4,6,8,14H,3,5,7,9-11H2,1-2H3,(H,18,21)/t14-/m1/s1. The third-order valence-corrected chi connectivity index (χ3v) is 6.16. The fourth-order valence-corrected chi connectivity index (χ4v) is 4.73. The minimum absolute atomic E-state index is 0.0310. The van der Waals surface area contributed by atoms with Crippen LogP contribution in [0, 0.1) is 19.8 Å². The maximum absolute atomic E-state index is 12.3. The van der Waals surface area contributed by atoms with Crippen molar-refractivity contribution < 1.29 is 4.79 Å². The molecular weight excluding hydrogens is 326 g/mol. The summed E-state index contributed by atoms with van der Waals surface area (Å²) in [5.74, 6) is 0.575. The molecule has 1 aliphatic rings. The van der Waals surface area contributed by atoms with Crippen LogP contribution in [-0.2, 0) is 6.54 Å². The van der Waals surface area contributed by atoms with Crippen LogP contribution in [-0.4, -0.2) is 35.4 Å². The molecule has 0 spiro atoms. The lowest BCUT2D eigenvalue weighted by atomic mass is 9.98. The fourth-order valence-electron chi connectivity index (χ4n) is 3.14. The number of piperidine rings is 1. The van der Waals surface area contributed by atoms with Crippen molar-refractivity contribution in [3.8, 4) is 0 Å². The van der Waals surface area contributed by atoms with E-state index < -0.39 is 0 Å². The lowest BCUT2D eigenvalue weighted by molar-refractivity contribution is 0.0934. The van der Waals surface area contributed by atoms with Crippen molar-refractivity contribution in [3.05, 3.63) is 38.0 Å². The summed E-state index contributed by atoms with van der Waals surface area (Å²) in [7, 11) is 0. The van der Waals surface area contributed by atoms with Gasteiger partial charge in [-0.05, 0) is 50.6 Å². The third-order valence-electron chi connectivity index (χ3n) is 4.22. The van der Waals surface area contributed by atoms with Crippen molar-refractivity contribution in [1.29, 1.82) is 0 Å². The van der Waals surface area contributed by atoms with Crippen LogP contribution in [0.15, 0.2) is 17.5 Å². The third kappa shape index (κ3) is 4.40. The van der Waals surface area contributed by atoms with Gasteiger partial charge in [-0.3, -0.25) is 9.69 Å². The Labute approximate surface area is 145 Å². The van der Waals surface area contributed by atoms with Crippen LogP contribution in [0.1, 0.15) is 38.1 Å². The molecule has 6 heteroatoms. The molecule has 0 bridgehead atoms. The Hall–Kier alpha value is -1.24. The predicted molar refractivity (Wildman–Crippen MR) is 96.2 cm³/mol. The van der Waals surface area contributed by atoms with Gasteiger partial charge in [-0.15, -0.1) is 22.7 Å². The Balaban J connectivity index is 1.50. The highest BCUT2D eigenvalue weighted by atomic mass is 32.1. The number of aryl methyl sites for hydroxylation is 2. The number of aromatic nitrogens is 1. The lowest BCUT2D eigenvalue weighted by Gasteiger charge is -2.32. The van der Waals surface area contributed by atoms with Gasteiger partial charge in [0.1, 0.15) is 4.88 Å². The Kier molecular flexibility index (Phi) is 5.46. The number of nitrogens with zero attached hydrogens (tertiary/aromatic N) is 2. The molecule has 2 aromatic heterocycles. The van der Waals surface area contributed by atoms with Gasteiger partial charge in [-0.25, -0.2) is 4.98 Å². The second kappa shape index (κ2) is 7.55. The number of carbonyl (C=O) groups excluding carboxylic acids is 1. The summed E-state index contributed by atoms with van der Waals surface area (Å²) < 4.78 is 0. The van der Waals surface area contributed by atoms with Crippen molar-refractivity contribution in [2.45, 2.75) is 33.2 Å². The van der Waals surface area contributed by atoms with Crippen molar-refractivity contribution >= 4 is 28.6 Å². The van der Waals surface area contributed by atoms with Crippen LogP contribution in [0.5, 0.6) is 0 Å². The van der Waals surface area contributed by atoms with E-state index in [-0.39, 0.29) is 5.91 Å². The van der Waals surface area contributed by atoms with E-state index in [9.17, 15) is 4.79 Å². The molecule has 3 rings (SSSR count). The van der Waals surface area contributed by atoms with Gasteiger partial charge in [0.2, 0.25) is 0 Å². The van der Waals surface area contributed by atoms with Crippen LogP contribution in [0.2, 0.25) is 0 Å². The van der Waals surface area contributed by atoms with E-state index in [1.165, 1.54) is 29.1 Å². The molecule has 0 aliphatic carbocycles. The Bertz CT molecular complexity index is 651. The second-order valence-corrected chi connectivity index (χ2v) is 8.42. The second-order valence-electron chi connectivity index (χ2n) is 6.18. The molecule has 1 aliphatic heterocycles. The number of hydrogen-bond acceptors (Lipinski definition) is 5.